The molecule has 2 rings (SSSR count). The molecule has 5 heteroatoms. The molecule has 0 unspecified atom stereocenters. The number of ether oxygens (including phenoxy) is 1. The van der Waals surface area contributed by atoms with Gasteiger partial charge in [0.1, 0.15) is 0 Å². The molecular weight excluding hydrogens is 294 g/mol. The van der Waals surface area contributed by atoms with Crippen LogP contribution >= 0.6 is 12.2 Å². The molecule has 0 fully saturated rings. The van der Waals surface area contributed by atoms with Gasteiger partial charge in [0.2, 0.25) is 5.88 Å². The quantitative estimate of drug-likeness (QED) is 0.632. The average molecular weight is 315 g/mol. The van der Waals surface area contributed by atoms with Crippen molar-refractivity contribution < 1.29 is 4.74 Å². The Morgan fingerprint density at radius 3 is 2.59 bits per heavy atom. The highest BCUT2D eigenvalue weighted by Crippen LogP contribution is 2.10. The van der Waals surface area contributed by atoms with E-state index in [-0.39, 0.29) is 0 Å². The molecule has 2 N–H and O–H groups in total. The van der Waals surface area contributed by atoms with E-state index in [0.717, 1.165) is 25.1 Å². The summed E-state index contributed by atoms with van der Waals surface area (Å²) in [5.74, 6) is 0.586. The first-order chi connectivity index (χ1) is 10.7. The van der Waals surface area contributed by atoms with E-state index in [1.165, 1.54) is 11.1 Å². The molecule has 0 atom stereocenters. The summed E-state index contributed by atoms with van der Waals surface area (Å²) in [6.45, 7) is 2.94. The van der Waals surface area contributed by atoms with Crippen LogP contribution in [0.1, 0.15) is 17.5 Å². The monoisotopic (exact) mass is 315 g/mol. The van der Waals surface area contributed by atoms with Gasteiger partial charge in [-0.3, -0.25) is 0 Å². The lowest BCUT2D eigenvalue weighted by molar-refractivity contribution is 0.398. The SMILES string of the molecule is COc1ccc(NC(=S)NCCCc2ccc(C)cc2)cn1. The number of benzene rings is 1. The van der Waals surface area contributed by atoms with Gasteiger partial charge in [0.15, 0.2) is 5.11 Å². The van der Waals surface area contributed by atoms with Crippen LogP contribution < -0.4 is 15.4 Å². The summed E-state index contributed by atoms with van der Waals surface area (Å²) in [5.41, 5.74) is 3.49. The van der Waals surface area contributed by atoms with Crippen molar-refractivity contribution in [2.75, 3.05) is 19.0 Å². The molecule has 1 aromatic carbocycles. The fraction of sp³-hybridized carbons (Fsp3) is 0.294. The first-order valence-electron chi connectivity index (χ1n) is 7.28. The van der Waals surface area contributed by atoms with Crippen LogP contribution in [0.4, 0.5) is 5.69 Å². The van der Waals surface area contributed by atoms with Gasteiger partial charge in [-0.25, -0.2) is 4.98 Å². The van der Waals surface area contributed by atoms with E-state index in [1.807, 2.05) is 6.07 Å². The summed E-state index contributed by atoms with van der Waals surface area (Å²) in [7, 11) is 1.59. The molecule has 116 valence electrons. The summed E-state index contributed by atoms with van der Waals surface area (Å²) >= 11 is 5.26. The number of anilines is 1. The number of hydrogen-bond donors (Lipinski definition) is 2. The van der Waals surface area contributed by atoms with Crippen LogP contribution in [0.3, 0.4) is 0 Å². The van der Waals surface area contributed by atoms with Crippen molar-refractivity contribution >= 4 is 23.0 Å². The first kappa shape index (κ1) is 16.2. The Balaban J connectivity index is 1.67. The molecule has 0 bridgehead atoms. The summed E-state index contributed by atoms with van der Waals surface area (Å²) in [4.78, 5) is 4.12. The van der Waals surface area contributed by atoms with Crippen LogP contribution in [-0.4, -0.2) is 23.8 Å². The Morgan fingerprint density at radius 1 is 1.18 bits per heavy atom. The molecule has 1 aromatic heterocycles. The minimum atomic E-state index is 0.586. The van der Waals surface area contributed by atoms with Gasteiger partial charge >= 0.3 is 0 Å². The topological polar surface area (TPSA) is 46.2 Å². The summed E-state index contributed by atoms with van der Waals surface area (Å²) in [5, 5.41) is 6.91. The predicted octanol–water partition coefficient (Wildman–Crippen LogP) is 3.32. The highest BCUT2D eigenvalue weighted by molar-refractivity contribution is 7.80. The number of aromatic nitrogens is 1. The van der Waals surface area contributed by atoms with Crippen molar-refractivity contribution in [3.8, 4) is 5.88 Å². The third kappa shape index (κ3) is 5.33. The van der Waals surface area contributed by atoms with Gasteiger partial charge < -0.3 is 15.4 Å². The number of pyridine rings is 1. The fourth-order valence-electron chi connectivity index (χ4n) is 2.00. The van der Waals surface area contributed by atoms with Gasteiger partial charge in [0, 0.05) is 12.6 Å². The Hall–Kier alpha value is -2.14. The largest absolute Gasteiger partial charge is 0.481 e. The number of hydrogen-bond acceptors (Lipinski definition) is 3. The van der Waals surface area contributed by atoms with Gasteiger partial charge in [0.05, 0.1) is 19.0 Å². The summed E-state index contributed by atoms with van der Waals surface area (Å²) < 4.78 is 5.02. The maximum absolute atomic E-state index is 5.26. The van der Waals surface area contributed by atoms with Gasteiger partial charge in [0.25, 0.3) is 0 Å². The van der Waals surface area contributed by atoms with Crippen LogP contribution in [0.5, 0.6) is 5.88 Å². The highest BCUT2D eigenvalue weighted by atomic mass is 32.1. The van der Waals surface area contributed by atoms with Crippen LogP contribution in [0, 0.1) is 6.92 Å². The van der Waals surface area contributed by atoms with Crippen molar-refractivity contribution in [1.82, 2.24) is 10.3 Å². The van der Waals surface area contributed by atoms with E-state index in [0.29, 0.717) is 11.0 Å². The molecule has 1 heterocycles. The molecule has 0 saturated carbocycles. The Bertz CT molecular complexity index is 596. The molecule has 0 aliphatic heterocycles. The lowest BCUT2D eigenvalue weighted by Crippen LogP contribution is -2.29. The number of methoxy groups -OCH3 is 1. The van der Waals surface area contributed by atoms with Gasteiger partial charge in [-0.15, -0.1) is 0 Å². The summed E-state index contributed by atoms with van der Waals surface area (Å²) in [6.07, 6.45) is 3.77. The average Bonchev–Trinajstić information content (AvgIpc) is 2.54. The van der Waals surface area contributed by atoms with Crippen molar-refractivity contribution in [1.29, 1.82) is 0 Å². The predicted molar refractivity (Wildman–Crippen MR) is 94.5 cm³/mol. The molecule has 0 aliphatic carbocycles. The zero-order valence-electron chi connectivity index (χ0n) is 12.9. The summed E-state index contributed by atoms with van der Waals surface area (Å²) in [6, 6.07) is 12.3. The van der Waals surface area contributed by atoms with E-state index >= 15 is 0 Å². The number of nitrogens with zero attached hydrogens (tertiary/aromatic N) is 1. The van der Waals surface area contributed by atoms with E-state index in [9.17, 15) is 0 Å². The van der Waals surface area contributed by atoms with E-state index < -0.39 is 0 Å². The maximum atomic E-state index is 5.26. The lowest BCUT2D eigenvalue weighted by atomic mass is 10.1. The molecule has 0 spiro atoms. The molecule has 22 heavy (non-hydrogen) atoms. The molecule has 4 nitrogen and oxygen atoms in total. The molecule has 0 aliphatic rings. The van der Waals surface area contributed by atoms with Crippen LogP contribution in [0.2, 0.25) is 0 Å². The number of rotatable bonds is 6. The Labute approximate surface area is 136 Å². The molecule has 0 radical (unpaired) electrons. The van der Waals surface area contributed by atoms with E-state index in [1.54, 1.807) is 19.4 Å². The Kier molecular flexibility index (Phi) is 6.15. The zero-order valence-corrected chi connectivity index (χ0v) is 13.7. The second-order valence-corrected chi connectivity index (χ2v) is 5.47. The van der Waals surface area contributed by atoms with E-state index in [4.69, 9.17) is 17.0 Å². The van der Waals surface area contributed by atoms with Gasteiger partial charge in [-0.05, 0) is 43.6 Å². The van der Waals surface area contributed by atoms with Crippen molar-refractivity contribution in [2.45, 2.75) is 19.8 Å². The second-order valence-electron chi connectivity index (χ2n) is 5.06. The molecule has 0 saturated heterocycles. The normalized spacial score (nSPS) is 10.1. The third-order valence-electron chi connectivity index (χ3n) is 3.25. The Morgan fingerprint density at radius 2 is 1.95 bits per heavy atom. The van der Waals surface area contributed by atoms with Crippen molar-refractivity contribution in [2.24, 2.45) is 0 Å². The van der Waals surface area contributed by atoms with Crippen LogP contribution in [0.25, 0.3) is 0 Å². The van der Waals surface area contributed by atoms with Crippen molar-refractivity contribution in [3.05, 3.63) is 53.7 Å². The van der Waals surface area contributed by atoms with Gasteiger partial charge in [-0.2, -0.15) is 0 Å². The molecular formula is C17H21N3OS. The number of thiocarbonyl (C=S) groups is 1. The smallest absolute Gasteiger partial charge is 0.213 e. The third-order valence-corrected chi connectivity index (χ3v) is 3.50. The molecule has 2 aromatic rings. The number of aryl methyl sites for hydroxylation is 2. The second kappa shape index (κ2) is 8.34. The first-order valence-corrected chi connectivity index (χ1v) is 7.68. The van der Waals surface area contributed by atoms with Crippen LogP contribution in [-0.2, 0) is 6.42 Å². The van der Waals surface area contributed by atoms with Gasteiger partial charge in [-0.1, -0.05) is 29.8 Å². The highest BCUT2D eigenvalue weighted by Gasteiger charge is 1.99. The van der Waals surface area contributed by atoms with E-state index in [2.05, 4.69) is 46.8 Å². The maximum Gasteiger partial charge on any atom is 0.213 e. The minimum Gasteiger partial charge on any atom is -0.481 e. The lowest BCUT2D eigenvalue weighted by Gasteiger charge is -2.10. The molecule has 0 amide bonds. The standard InChI is InChI=1S/C17H21N3OS/c1-13-5-7-14(8-6-13)4-3-11-18-17(22)20-15-9-10-16(21-2)19-12-15/h5-10,12H,3-4,11H2,1-2H3,(H2,18,20,22). The minimum absolute atomic E-state index is 0.586. The van der Waals surface area contributed by atoms with Crippen LogP contribution in [0.15, 0.2) is 42.6 Å². The fourth-order valence-corrected chi connectivity index (χ4v) is 2.22. The van der Waals surface area contributed by atoms with Crippen molar-refractivity contribution in [3.63, 3.8) is 0 Å². The number of nitrogens with one attached hydrogen (secondary N) is 2. The zero-order chi connectivity index (χ0) is 15.8.